The van der Waals surface area contributed by atoms with Gasteiger partial charge in [0.2, 0.25) is 0 Å². The Hall–Kier alpha value is -2.87. The zero-order valence-electron chi connectivity index (χ0n) is 13.6. The van der Waals surface area contributed by atoms with E-state index in [1.165, 1.54) is 17.4 Å². The summed E-state index contributed by atoms with van der Waals surface area (Å²) < 4.78 is 40.5. The van der Waals surface area contributed by atoms with Crippen LogP contribution in [0.25, 0.3) is 17.0 Å². The van der Waals surface area contributed by atoms with Crippen LogP contribution in [0.15, 0.2) is 54.9 Å². The van der Waals surface area contributed by atoms with Gasteiger partial charge in [-0.3, -0.25) is 4.40 Å². The predicted molar refractivity (Wildman–Crippen MR) is 95.8 cm³/mol. The number of pyridine rings is 1. The molecule has 8 heteroatoms. The van der Waals surface area contributed by atoms with Gasteiger partial charge < -0.3 is 5.32 Å². The zero-order valence-corrected chi connectivity index (χ0v) is 14.4. The molecule has 132 valence electrons. The maximum absolute atomic E-state index is 12.9. The number of hydrogen-bond donors (Lipinski definition) is 1. The first-order chi connectivity index (χ1) is 12.4. The summed E-state index contributed by atoms with van der Waals surface area (Å²) in [6.07, 6.45) is -0.736. The van der Waals surface area contributed by atoms with Crippen molar-refractivity contribution in [3.05, 3.63) is 65.3 Å². The van der Waals surface area contributed by atoms with E-state index in [1.807, 2.05) is 35.7 Å². The van der Waals surface area contributed by atoms with Crippen LogP contribution in [0.1, 0.15) is 10.4 Å². The number of nitrogens with zero attached hydrogens (tertiary/aromatic N) is 3. The van der Waals surface area contributed by atoms with Crippen LogP contribution < -0.4 is 5.32 Å². The number of rotatable bonds is 3. The molecule has 0 fully saturated rings. The van der Waals surface area contributed by atoms with Gasteiger partial charge >= 0.3 is 6.18 Å². The van der Waals surface area contributed by atoms with E-state index in [2.05, 4.69) is 15.3 Å². The van der Waals surface area contributed by atoms with Gasteiger partial charge in [-0.25, -0.2) is 9.97 Å². The number of benzene rings is 1. The molecule has 1 N–H and O–H groups in total. The molecule has 3 aromatic heterocycles. The maximum atomic E-state index is 12.9. The van der Waals surface area contributed by atoms with Crippen LogP contribution in [0.2, 0.25) is 0 Å². The lowest BCUT2D eigenvalue weighted by Gasteiger charge is -2.08. The van der Waals surface area contributed by atoms with Gasteiger partial charge in [-0.1, -0.05) is 12.1 Å². The van der Waals surface area contributed by atoms with E-state index in [9.17, 15) is 13.2 Å². The summed E-state index contributed by atoms with van der Waals surface area (Å²) in [6, 6.07) is 10.8. The van der Waals surface area contributed by atoms with Crippen LogP contribution >= 0.6 is 11.3 Å². The van der Waals surface area contributed by atoms with Crippen LogP contribution in [0, 0.1) is 6.92 Å². The Balaban J connectivity index is 1.67. The van der Waals surface area contributed by atoms with Crippen LogP contribution in [-0.2, 0) is 6.18 Å². The van der Waals surface area contributed by atoms with Crippen LogP contribution in [0.3, 0.4) is 0 Å². The molecule has 0 bridgehead atoms. The minimum Gasteiger partial charge on any atom is -0.332 e. The first-order valence-corrected chi connectivity index (χ1v) is 8.57. The predicted octanol–water partition coefficient (Wildman–Crippen LogP) is 5.53. The average Bonchev–Trinajstić information content (AvgIpc) is 3.17. The fraction of sp³-hybridized carbons (Fsp3) is 0.111. The number of anilines is 2. The normalized spacial score (nSPS) is 11.8. The summed E-state index contributed by atoms with van der Waals surface area (Å²) in [5, 5.41) is 3.50. The van der Waals surface area contributed by atoms with E-state index >= 15 is 0 Å². The van der Waals surface area contributed by atoms with Crippen LogP contribution in [0.5, 0.6) is 0 Å². The number of aromatic nitrogens is 3. The van der Waals surface area contributed by atoms with Crippen molar-refractivity contribution in [1.82, 2.24) is 14.4 Å². The maximum Gasteiger partial charge on any atom is 0.416 e. The number of fused-ring (bicyclic) bond motifs is 1. The Bertz CT molecular complexity index is 1080. The molecule has 0 aliphatic carbocycles. The molecule has 3 heterocycles. The highest BCUT2D eigenvalue weighted by Gasteiger charge is 2.30. The Morgan fingerprint density at radius 2 is 1.96 bits per heavy atom. The molecule has 0 spiro atoms. The molecular weight excluding hydrogens is 361 g/mol. The number of alkyl halides is 3. The van der Waals surface area contributed by atoms with Crippen LogP contribution in [0.4, 0.5) is 24.0 Å². The molecule has 0 aliphatic rings. The van der Waals surface area contributed by atoms with Gasteiger partial charge in [-0.15, -0.1) is 11.3 Å². The third-order valence-corrected chi connectivity index (χ3v) is 4.78. The molecule has 4 nitrogen and oxygen atoms in total. The molecule has 0 aliphatic heterocycles. The van der Waals surface area contributed by atoms with Crippen molar-refractivity contribution < 1.29 is 13.2 Å². The van der Waals surface area contributed by atoms with Gasteiger partial charge in [0.05, 0.1) is 17.5 Å². The number of hydrogen-bond acceptors (Lipinski definition) is 4. The van der Waals surface area contributed by atoms with Gasteiger partial charge in [0.25, 0.3) is 0 Å². The smallest absolute Gasteiger partial charge is 0.332 e. The van der Waals surface area contributed by atoms with E-state index < -0.39 is 11.7 Å². The second kappa shape index (κ2) is 6.14. The van der Waals surface area contributed by atoms with E-state index in [0.29, 0.717) is 10.8 Å². The summed E-state index contributed by atoms with van der Waals surface area (Å²) in [7, 11) is 0. The Kier molecular flexibility index (Phi) is 3.91. The van der Waals surface area contributed by atoms with E-state index in [-0.39, 0.29) is 0 Å². The third kappa shape index (κ3) is 3.03. The zero-order chi connectivity index (χ0) is 18.3. The molecule has 0 unspecified atom stereocenters. The highest BCUT2D eigenvalue weighted by atomic mass is 32.1. The van der Waals surface area contributed by atoms with Gasteiger partial charge in [-0.05, 0) is 37.3 Å². The monoisotopic (exact) mass is 374 g/mol. The molecular formula is C18H13F3N4S. The molecule has 4 aromatic rings. The lowest BCUT2D eigenvalue weighted by molar-refractivity contribution is -0.137. The molecule has 0 atom stereocenters. The Morgan fingerprint density at radius 1 is 1.12 bits per heavy atom. The molecule has 0 radical (unpaired) electrons. The summed E-state index contributed by atoms with van der Waals surface area (Å²) in [5.74, 6) is 0. The summed E-state index contributed by atoms with van der Waals surface area (Å²) in [6.45, 7) is 1.92. The summed E-state index contributed by atoms with van der Waals surface area (Å²) in [4.78, 5) is 9.85. The minimum atomic E-state index is -4.38. The second-order valence-electron chi connectivity index (χ2n) is 5.70. The topological polar surface area (TPSA) is 42.2 Å². The summed E-state index contributed by atoms with van der Waals surface area (Å²) in [5.41, 5.74) is 2.05. The van der Waals surface area contributed by atoms with Crippen molar-refractivity contribution in [2.24, 2.45) is 0 Å². The lowest BCUT2D eigenvalue weighted by atomic mass is 10.2. The van der Waals surface area contributed by atoms with E-state index in [1.54, 1.807) is 12.3 Å². The highest BCUT2D eigenvalue weighted by molar-refractivity contribution is 7.16. The van der Waals surface area contributed by atoms with Crippen molar-refractivity contribution >= 4 is 27.8 Å². The second-order valence-corrected chi connectivity index (χ2v) is 6.90. The number of aryl methyl sites for hydroxylation is 1. The Morgan fingerprint density at radius 3 is 2.77 bits per heavy atom. The molecule has 0 amide bonds. The molecule has 0 saturated carbocycles. The lowest BCUT2D eigenvalue weighted by Crippen LogP contribution is -2.05. The van der Waals surface area contributed by atoms with E-state index in [0.717, 1.165) is 34.0 Å². The fourth-order valence-electron chi connectivity index (χ4n) is 2.69. The largest absolute Gasteiger partial charge is 0.416 e. The number of nitrogens with one attached hydrogen (secondary N) is 1. The van der Waals surface area contributed by atoms with Crippen LogP contribution in [-0.4, -0.2) is 14.4 Å². The quantitative estimate of drug-likeness (QED) is 0.513. The highest BCUT2D eigenvalue weighted by Crippen LogP contribution is 2.34. The number of halogens is 3. The van der Waals surface area contributed by atoms with E-state index in [4.69, 9.17) is 0 Å². The fourth-order valence-corrected chi connectivity index (χ4v) is 3.53. The van der Waals surface area contributed by atoms with Gasteiger partial charge in [0.1, 0.15) is 11.3 Å². The summed E-state index contributed by atoms with van der Waals surface area (Å²) >= 11 is 1.38. The molecule has 1 aromatic carbocycles. The molecule has 4 rings (SSSR count). The van der Waals surface area contributed by atoms with Gasteiger partial charge in [0, 0.05) is 16.8 Å². The molecule has 26 heavy (non-hydrogen) atoms. The van der Waals surface area contributed by atoms with Crippen molar-refractivity contribution in [3.63, 3.8) is 0 Å². The van der Waals surface area contributed by atoms with Gasteiger partial charge in [0.15, 0.2) is 5.13 Å². The van der Waals surface area contributed by atoms with Crippen molar-refractivity contribution in [1.29, 1.82) is 0 Å². The van der Waals surface area contributed by atoms with Gasteiger partial charge in [-0.2, -0.15) is 13.2 Å². The first kappa shape index (κ1) is 16.6. The number of imidazole rings is 1. The number of thiazole rings is 1. The van der Waals surface area contributed by atoms with Crippen molar-refractivity contribution in [2.45, 2.75) is 13.1 Å². The molecule has 0 saturated heterocycles. The standard InChI is InChI=1S/C18H13F3N4S/c1-11-16(14-10-22-15-7-2-3-8-25(14)15)24-17(26-11)23-13-6-4-5-12(9-13)18(19,20)21/h2-10H,1H3,(H,23,24). The SMILES string of the molecule is Cc1sc(Nc2cccc(C(F)(F)F)c2)nc1-c1cnc2ccccn12. The van der Waals surface area contributed by atoms with Crippen molar-refractivity contribution in [3.8, 4) is 11.4 Å². The minimum absolute atomic E-state index is 0.346. The van der Waals surface area contributed by atoms with Crippen molar-refractivity contribution in [2.75, 3.05) is 5.32 Å². The Labute approximate surface area is 151 Å². The third-order valence-electron chi connectivity index (χ3n) is 3.90. The first-order valence-electron chi connectivity index (χ1n) is 7.76. The average molecular weight is 374 g/mol.